The van der Waals surface area contributed by atoms with E-state index in [1.807, 2.05) is 12.1 Å². The lowest BCUT2D eigenvalue weighted by Gasteiger charge is -2.37. The minimum absolute atomic E-state index is 0.0408. The van der Waals surface area contributed by atoms with E-state index in [1.54, 1.807) is 23.4 Å². The second-order valence-electron chi connectivity index (χ2n) is 7.19. The van der Waals surface area contributed by atoms with Crippen LogP contribution in [0.3, 0.4) is 0 Å². The predicted molar refractivity (Wildman–Crippen MR) is 95.0 cm³/mol. The Morgan fingerprint density at radius 1 is 1.11 bits per heavy atom. The minimum atomic E-state index is -4.40. The average molecular weight is 391 g/mol. The van der Waals surface area contributed by atoms with Gasteiger partial charge < -0.3 is 9.64 Å². The number of fused-ring (bicyclic) bond motifs is 1. The number of carbonyl (C=O) groups excluding carboxylic acids is 1. The van der Waals surface area contributed by atoms with Crippen LogP contribution in [-0.2, 0) is 28.8 Å². The summed E-state index contributed by atoms with van der Waals surface area (Å²) in [6.45, 7) is 2.08. The predicted octanol–water partition coefficient (Wildman–Crippen LogP) is 2.71. The fourth-order valence-corrected chi connectivity index (χ4v) is 3.87. The number of ether oxygens (including phenoxy) is 1. The Kier molecular flexibility index (Phi) is 5.07. The summed E-state index contributed by atoms with van der Waals surface area (Å²) in [6.07, 6.45) is -1.03. The Labute approximate surface area is 160 Å². The summed E-state index contributed by atoms with van der Waals surface area (Å²) in [4.78, 5) is 20.4. The number of amides is 1. The van der Waals surface area contributed by atoms with Gasteiger partial charge in [-0.3, -0.25) is 14.7 Å². The number of carbonyl (C=O) groups is 1. The zero-order chi connectivity index (χ0) is 19.7. The Hall–Kier alpha value is -2.45. The normalized spacial score (nSPS) is 23.1. The third kappa shape index (κ3) is 4.02. The second-order valence-corrected chi connectivity index (χ2v) is 7.19. The van der Waals surface area contributed by atoms with Gasteiger partial charge in [0.2, 0.25) is 5.91 Å². The van der Waals surface area contributed by atoms with Crippen molar-refractivity contribution >= 4 is 5.91 Å². The molecule has 0 aliphatic carbocycles. The molecule has 2 aromatic rings. The number of morpholine rings is 1. The van der Waals surface area contributed by atoms with Crippen molar-refractivity contribution in [2.75, 3.05) is 19.7 Å². The van der Waals surface area contributed by atoms with Gasteiger partial charge in [0, 0.05) is 38.6 Å². The van der Waals surface area contributed by atoms with Crippen molar-refractivity contribution in [1.29, 1.82) is 0 Å². The molecule has 8 heteroatoms. The van der Waals surface area contributed by atoms with Crippen LogP contribution >= 0.6 is 0 Å². The lowest BCUT2D eigenvalue weighted by atomic mass is 10.1. The molecule has 148 valence electrons. The van der Waals surface area contributed by atoms with Crippen LogP contribution in [0.1, 0.15) is 16.7 Å². The number of halogens is 3. The summed E-state index contributed by atoms with van der Waals surface area (Å²) in [5.74, 6) is -0.193. The number of aromatic nitrogens is 1. The van der Waals surface area contributed by atoms with Gasteiger partial charge in [-0.25, -0.2) is 0 Å². The van der Waals surface area contributed by atoms with Gasteiger partial charge in [-0.1, -0.05) is 18.2 Å². The topological polar surface area (TPSA) is 45.7 Å². The molecule has 0 saturated carbocycles. The minimum Gasteiger partial charge on any atom is -0.365 e. The van der Waals surface area contributed by atoms with Gasteiger partial charge in [0.05, 0.1) is 17.7 Å². The molecule has 1 aromatic carbocycles. The summed E-state index contributed by atoms with van der Waals surface area (Å²) in [6, 6.07) is 8.84. The molecule has 0 radical (unpaired) electrons. The van der Waals surface area contributed by atoms with Gasteiger partial charge in [-0.2, -0.15) is 13.2 Å². The summed E-state index contributed by atoms with van der Waals surface area (Å²) < 4.78 is 44.7. The highest BCUT2D eigenvalue weighted by atomic mass is 19.4. The highest BCUT2D eigenvalue weighted by molar-refractivity contribution is 5.78. The molecule has 1 amide bonds. The summed E-state index contributed by atoms with van der Waals surface area (Å²) in [5.41, 5.74) is 0.832. The summed E-state index contributed by atoms with van der Waals surface area (Å²) in [5, 5.41) is 0. The molecule has 2 atom stereocenters. The van der Waals surface area contributed by atoms with Gasteiger partial charge in [0.1, 0.15) is 6.61 Å². The van der Waals surface area contributed by atoms with Crippen molar-refractivity contribution in [2.24, 2.45) is 0 Å². The first kappa shape index (κ1) is 18.9. The Morgan fingerprint density at radius 2 is 1.93 bits per heavy atom. The molecule has 2 aliphatic heterocycles. The number of pyridine rings is 1. The third-order valence-corrected chi connectivity index (χ3v) is 5.19. The number of hydrogen-bond donors (Lipinski definition) is 0. The molecule has 28 heavy (non-hydrogen) atoms. The number of likely N-dealkylation sites (tertiary alicyclic amines) is 1. The monoisotopic (exact) mass is 391 g/mol. The smallest absolute Gasteiger partial charge is 0.365 e. The van der Waals surface area contributed by atoms with Gasteiger partial charge in [0.25, 0.3) is 0 Å². The number of rotatable bonds is 4. The second kappa shape index (κ2) is 7.52. The van der Waals surface area contributed by atoms with Crippen LogP contribution in [0, 0.1) is 0 Å². The van der Waals surface area contributed by atoms with E-state index in [4.69, 9.17) is 4.74 Å². The van der Waals surface area contributed by atoms with Gasteiger partial charge in [-0.15, -0.1) is 0 Å². The lowest BCUT2D eigenvalue weighted by Crippen LogP contribution is -2.53. The van der Waals surface area contributed by atoms with Crippen LogP contribution in [0.15, 0.2) is 48.8 Å². The molecule has 0 spiro atoms. The van der Waals surface area contributed by atoms with E-state index in [0.717, 1.165) is 17.7 Å². The third-order valence-electron chi connectivity index (χ3n) is 5.19. The summed E-state index contributed by atoms with van der Waals surface area (Å²) in [7, 11) is 0. The zero-order valence-corrected chi connectivity index (χ0v) is 15.1. The van der Waals surface area contributed by atoms with Crippen molar-refractivity contribution in [3.05, 3.63) is 65.5 Å². The molecular weight excluding hydrogens is 371 g/mol. The van der Waals surface area contributed by atoms with Crippen molar-refractivity contribution in [2.45, 2.75) is 31.4 Å². The zero-order valence-electron chi connectivity index (χ0n) is 15.1. The van der Waals surface area contributed by atoms with E-state index in [0.29, 0.717) is 25.2 Å². The molecular formula is C20H20F3N3O2. The molecule has 0 N–H and O–H groups in total. The fourth-order valence-electron chi connectivity index (χ4n) is 3.87. The van der Waals surface area contributed by atoms with E-state index in [2.05, 4.69) is 9.88 Å². The SMILES string of the molecule is O=C1CO[C@H]2CN(Cc3cccnc3)C[C@H]2N1Cc1cccc(C(F)(F)F)c1. The molecule has 5 nitrogen and oxygen atoms in total. The van der Waals surface area contributed by atoms with Crippen molar-refractivity contribution in [3.63, 3.8) is 0 Å². The van der Waals surface area contributed by atoms with E-state index in [-0.39, 0.29) is 31.2 Å². The Balaban J connectivity index is 1.49. The highest BCUT2D eigenvalue weighted by Gasteiger charge is 2.43. The Bertz CT molecular complexity index is 844. The van der Waals surface area contributed by atoms with Gasteiger partial charge >= 0.3 is 6.18 Å². The summed E-state index contributed by atoms with van der Waals surface area (Å²) >= 11 is 0. The van der Waals surface area contributed by atoms with Crippen LogP contribution in [0.5, 0.6) is 0 Å². The average Bonchev–Trinajstić information content (AvgIpc) is 3.07. The molecule has 4 rings (SSSR count). The molecule has 3 heterocycles. The van der Waals surface area contributed by atoms with Crippen LogP contribution in [0.2, 0.25) is 0 Å². The molecule has 1 aromatic heterocycles. The first-order valence-corrected chi connectivity index (χ1v) is 9.08. The van der Waals surface area contributed by atoms with E-state index < -0.39 is 11.7 Å². The van der Waals surface area contributed by atoms with Gasteiger partial charge in [-0.05, 0) is 29.3 Å². The van der Waals surface area contributed by atoms with Crippen LogP contribution in [-0.4, -0.2) is 52.5 Å². The van der Waals surface area contributed by atoms with Gasteiger partial charge in [0.15, 0.2) is 0 Å². The van der Waals surface area contributed by atoms with Crippen molar-refractivity contribution < 1.29 is 22.7 Å². The largest absolute Gasteiger partial charge is 0.416 e. The quantitative estimate of drug-likeness (QED) is 0.804. The number of alkyl halides is 3. The van der Waals surface area contributed by atoms with E-state index >= 15 is 0 Å². The van der Waals surface area contributed by atoms with Crippen LogP contribution in [0.25, 0.3) is 0 Å². The lowest BCUT2D eigenvalue weighted by molar-refractivity contribution is -0.153. The molecule has 0 unspecified atom stereocenters. The molecule has 2 aliphatic rings. The Morgan fingerprint density at radius 3 is 2.68 bits per heavy atom. The first-order valence-electron chi connectivity index (χ1n) is 9.08. The van der Waals surface area contributed by atoms with E-state index in [9.17, 15) is 18.0 Å². The fraction of sp³-hybridized carbons (Fsp3) is 0.400. The number of benzene rings is 1. The highest BCUT2D eigenvalue weighted by Crippen LogP contribution is 2.31. The van der Waals surface area contributed by atoms with Crippen LogP contribution in [0.4, 0.5) is 13.2 Å². The maximum atomic E-state index is 13.0. The number of hydrogen-bond acceptors (Lipinski definition) is 4. The standard InChI is InChI=1S/C20H20F3N3O2/c21-20(22,23)16-5-1-3-14(7-16)10-26-17-11-25(9-15-4-2-6-24-8-15)12-18(17)28-13-19(26)27/h1-8,17-18H,9-13H2/t17-,18+/m1/s1. The molecule has 2 fully saturated rings. The van der Waals surface area contributed by atoms with Crippen molar-refractivity contribution in [3.8, 4) is 0 Å². The maximum absolute atomic E-state index is 13.0. The first-order chi connectivity index (χ1) is 13.4. The van der Waals surface area contributed by atoms with Crippen LogP contribution < -0.4 is 0 Å². The van der Waals surface area contributed by atoms with E-state index in [1.165, 1.54) is 6.07 Å². The molecule has 2 saturated heterocycles. The maximum Gasteiger partial charge on any atom is 0.416 e. The van der Waals surface area contributed by atoms with Crippen molar-refractivity contribution in [1.82, 2.24) is 14.8 Å². The molecule has 0 bridgehead atoms. The number of nitrogens with zero attached hydrogens (tertiary/aromatic N) is 3.